The molecule has 0 aliphatic rings. The number of para-hydroxylation sites is 1. The van der Waals surface area contributed by atoms with Gasteiger partial charge < -0.3 is 21.3 Å². The van der Waals surface area contributed by atoms with Crippen LogP contribution in [0.4, 0.5) is 10.5 Å². The maximum atomic E-state index is 12.1. The lowest BCUT2D eigenvalue weighted by Crippen LogP contribution is -2.48. The van der Waals surface area contributed by atoms with Gasteiger partial charge in [-0.2, -0.15) is 0 Å². The largest absolute Gasteiger partial charge is 0.359 e. The molecule has 7 heteroatoms. The van der Waals surface area contributed by atoms with E-state index < -0.39 is 12.1 Å². The third-order valence-electron chi connectivity index (χ3n) is 3.64. The molecule has 2 atom stereocenters. The van der Waals surface area contributed by atoms with Gasteiger partial charge in [0.2, 0.25) is 11.8 Å². The van der Waals surface area contributed by atoms with Crippen molar-refractivity contribution in [1.82, 2.24) is 16.0 Å². The lowest BCUT2D eigenvalue weighted by molar-refractivity contribution is -0.123. The fourth-order valence-corrected chi connectivity index (χ4v) is 1.95. The second kappa shape index (κ2) is 9.54. The van der Waals surface area contributed by atoms with E-state index in [1.807, 2.05) is 13.8 Å². The SMILES string of the molecule is CC[C@@H](C)NC(=O)[C@@H](C)NC(=O)Nc1ccccc1CC(=O)NC. The van der Waals surface area contributed by atoms with Crippen LogP contribution >= 0.6 is 0 Å². The van der Waals surface area contributed by atoms with Crippen LogP contribution in [0.25, 0.3) is 0 Å². The Morgan fingerprint density at radius 1 is 1.08 bits per heavy atom. The van der Waals surface area contributed by atoms with Crippen LogP contribution in [0.1, 0.15) is 32.8 Å². The summed E-state index contributed by atoms with van der Waals surface area (Å²) in [5.41, 5.74) is 1.23. The third kappa shape index (κ3) is 6.28. The smallest absolute Gasteiger partial charge is 0.319 e. The number of rotatable bonds is 7. The first-order valence-corrected chi connectivity index (χ1v) is 8.03. The summed E-state index contributed by atoms with van der Waals surface area (Å²) in [6.45, 7) is 5.49. The molecule has 132 valence electrons. The molecule has 0 saturated heterocycles. The second-order valence-electron chi connectivity index (χ2n) is 5.65. The Hall–Kier alpha value is -2.57. The van der Waals surface area contributed by atoms with Gasteiger partial charge in [0, 0.05) is 18.8 Å². The molecule has 0 aliphatic heterocycles. The van der Waals surface area contributed by atoms with E-state index in [0.29, 0.717) is 11.3 Å². The fraction of sp³-hybridized carbons (Fsp3) is 0.471. The predicted molar refractivity (Wildman–Crippen MR) is 93.7 cm³/mol. The lowest BCUT2D eigenvalue weighted by atomic mass is 10.1. The van der Waals surface area contributed by atoms with Gasteiger partial charge in [-0.25, -0.2) is 4.79 Å². The molecule has 0 bridgehead atoms. The monoisotopic (exact) mass is 334 g/mol. The molecule has 0 saturated carbocycles. The van der Waals surface area contributed by atoms with Crippen molar-refractivity contribution in [2.24, 2.45) is 0 Å². The molecule has 0 radical (unpaired) electrons. The van der Waals surface area contributed by atoms with Crippen LogP contribution in [0.3, 0.4) is 0 Å². The average molecular weight is 334 g/mol. The van der Waals surface area contributed by atoms with Gasteiger partial charge in [0.25, 0.3) is 0 Å². The summed E-state index contributed by atoms with van der Waals surface area (Å²) in [6.07, 6.45) is 0.981. The first-order chi connectivity index (χ1) is 11.4. The summed E-state index contributed by atoms with van der Waals surface area (Å²) in [6, 6.07) is 5.94. The molecule has 7 nitrogen and oxygen atoms in total. The molecule has 4 amide bonds. The average Bonchev–Trinajstić information content (AvgIpc) is 2.56. The topological polar surface area (TPSA) is 99.3 Å². The molecule has 1 aromatic carbocycles. The maximum Gasteiger partial charge on any atom is 0.319 e. The van der Waals surface area contributed by atoms with Gasteiger partial charge in [-0.05, 0) is 31.9 Å². The molecule has 0 aliphatic carbocycles. The van der Waals surface area contributed by atoms with E-state index >= 15 is 0 Å². The molecular formula is C17H26N4O3. The standard InChI is InChI=1S/C17H26N4O3/c1-5-11(2)19-16(23)12(3)20-17(24)21-14-9-7-6-8-13(14)10-15(22)18-4/h6-9,11-12H,5,10H2,1-4H3,(H,18,22)(H,19,23)(H2,20,21,24)/t11-,12-/m1/s1. The van der Waals surface area contributed by atoms with Crippen molar-refractivity contribution in [3.8, 4) is 0 Å². The predicted octanol–water partition coefficient (Wildman–Crippen LogP) is 1.40. The molecule has 1 aromatic rings. The molecule has 0 spiro atoms. The zero-order valence-electron chi connectivity index (χ0n) is 14.6. The van der Waals surface area contributed by atoms with E-state index in [1.165, 1.54) is 0 Å². The maximum absolute atomic E-state index is 12.1. The van der Waals surface area contributed by atoms with Crippen LogP contribution < -0.4 is 21.3 Å². The normalized spacial score (nSPS) is 12.7. The number of urea groups is 1. The van der Waals surface area contributed by atoms with Gasteiger partial charge in [-0.15, -0.1) is 0 Å². The first kappa shape index (κ1) is 19.5. The molecular weight excluding hydrogens is 308 g/mol. The zero-order chi connectivity index (χ0) is 18.1. The number of likely N-dealkylation sites (N-methyl/N-ethyl adjacent to an activating group) is 1. The number of anilines is 1. The minimum absolute atomic E-state index is 0.0538. The van der Waals surface area contributed by atoms with Crippen LogP contribution in [0, 0.1) is 0 Å². The Morgan fingerprint density at radius 2 is 1.75 bits per heavy atom. The number of benzene rings is 1. The summed E-state index contributed by atoms with van der Waals surface area (Å²) in [5, 5.41) is 10.6. The Balaban J connectivity index is 2.65. The summed E-state index contributed by atoms with van der Waals surface area (Å²) in [4.78, 5) is 35.6. The number of hydrogen-bond donors (Lipinski definition) is 4. The highest BCUT2D eigenvalue weighted by molar-refractivity contribution is 5.94. The minimum atomic E-state index is -0.662. The number of nitrogens with one attached hydrogen (secondary N) is 4. The van der Waals surface area contributed by atoms with Crippen molar-refractivity contribution in [3.05, 3.63) is 29.8 Å². The van der Waals surface area contributed by atoms with Crippen LogP contribution in [-0.2, 0) is 16.0 Å². The second-order valence-corrected chi connectivity index (χ2v) is 5.65. The highest BCUT2D eigenvalue weighted by Crippen LogP contribution is 2.15. The van der Waals surface area contributed by atoms with Gasteiger partial charge in [-0.3, -0.25) is 9.59 Å². The van der Waals surface area contributed by atoms with Gasteiger partial charge in [0.15, 0.2) is 0 Å². The Labute approximate surface area is 142 Å². The summed E-state index contributed by atoms with van der Waals surface area (Å²) >= 11 is 0. The van der Waals surface area contributed by atoms with Crippen LogP contribution in [-0.4, -0.2) is 37.0 Å². The molecule has 0 aromatic heterocycles. The van der Waals surface area contributed by atoms with E-state index in [-0.39, 0.29) is 24.3 Å². The van der Waals surface area contributed by atoms with Crippen LogP contribution in [0.2, 0.25) is 0 Å². The first-order valence-electron chi connectivity index (χ1n) is 8.03. The van der Waals surface area contributed by atoms with E-state index in [4.69, 9.17) is 0 Å². The van der Waals surface area contributed by atoms with Crippen molar-refractivity contribution in [2.75, 3.05) is 12.4 Å². The number of carbonyl (C=O) groups excluding carboxylic acids is 3. The molecule has 1 rings (SSSR count). The fourth-order valence-electron chi connectivity index (χ4n) is 1.95. The number of hydrogen-bond acceptors (Lipinski definition) is 3. The van der Waals surface area contributed by atoms with Crippen LogP contribution in [0.5, 0.6) is 0 Å². The number of carbonyl (C=O) groups is 3. The molecule has 0 heterocycles. The van der Waals surface area contributed by atoms with Gasteiger partial charge in [0.05, 0.1) is 6.42 Å². The van der Waals surface area contributed by atoms with Crippen molar-refractivity contribution in [3.63, 3.8) is 0 Å². The summed E-state index contributed by atoms with van der Waals surface area (Å²) in [7, 11) is 1.56. The highest BCUT2D eigenvalue weighted by atomic mass is 16.2. The third-order valence-corrected chi connectivity index (χ3v) is 3.64. The molecule has 0 unspecified atom stereocenters. The summed E-state index contributed by atoms with van der Waals surface area (Å²) < 4.78 is 0. The number of amides is 4. The molecule has 4 N–H and O–H groups in total. The van der Waals surface area contributed by atoms with Crippen molar-refractivity contribution in [1.29, 1.82) is 0 Å². The van der Waals surface area contributed by atoms with Gasteiger partial charge >= 0.3 is 6.03 Å². The van der Waals surface area contributed by atoms with Crippen molar-refractivity contribution >= 4 is 23.5 Å². The lowest BCUT2D eigenvalue weighted by Gasteiger charge is -2.18. The van der Waals surface area contributed by atoms with E-state index in [0.717, 1.165) is 6.42 Å². The van der Waals surface area contributed by atoms with Crippen molar-refractivity contribution < 1.29 is 14.4 Å². The summed E-state index contributed by atoms with van der Waals surface area (Å²) in [5.74, 6) is -0.385. The highest BCUT2D eigenvalue weighted by Gasteiger charge is 2.17. The van der Waals surface area contributed by atoms with Gasteiger partial charge in [0.1, 0.15) is 6.04 Å². The quantitative estimate of drug-likeness (QED) is 0.606. The Kier molecular flexibility index (Phi) is 7.74. The van der Waals surface area contributed by atoms with Gasteiger partial charge in [-0.1, -0.05) is 25.1 Å². The van der Waals surface area contributed by atoms with Crippen LogP contribution in [0.15, 0.2) is 24.3 Å². The molecule has 24 heavy (non-hydrogen) atoms. The van der Waals surface area contributed by atoms with E-state index in [2.05, 4.69) is 21.3 Å². The van der Waals surface area contributed by atoms with E-state index in [9.17, 15) is 14.4 Å². The molecule has 0 fully saturated rings. The van der Waals surface area contributed by atoms with Crippen molar-refractivity contribution in [2.45, 2.75) is 45.7 Å². The minimum Gasteiger partial charge on any atom is -0.359 e. The Bertz CT molecular complexity index is 589. The zero-order valence-corrected chi connectivity index (χ0v) is 14.6. The van der Waals surface area contributed by atoms with E-state index in [1.54, 1.807) is 38.2 Å². The Morgan fingerprint density at radius 3 is 2.38 bits per heavy atom.